The number of aromatic nitrogens is 1. The summed E-state index contributed by atoms with van der Waals surface area (Å²) in [5.41, 5.74) is -1.02. The summed E-state index contributed by atoms with van der Waals surface area (Å²) in [5.74, 6) is -3.12. The van der Waals surface area contributed by atoms with Gasteiger partial charge in [-0.15, -0.1) is 0 Å². The van der Waals surface area contributed by atoms with E-state index in [4.69, 9.17) is 9.47 Å². The summed E-state index contributed by atoms with van der Waals surface area (Å²) in [6, 6.07) is 11.1. The Labute approximate surface area is 239 Å². The second-order valence-corrected chi connectivity index (χ2v) is 11.8. The van der Waals surface area contributed by atoms with Gasteiger partial charge in [0.1, 0.15) is 11.0 Å². The Morgan fingerprint density at radius 3 is 2.44 bits per heavy atom. The fourth-order valence-electron chi connectivity index (χ4n) is 5.34. The number of halogens is 3. The molecule has 0 saturated carbocycles. The van der Waals surface area contributed by atoms with Gasteiger partial charge in [0.25, 0.3) is 5.91 Å². The van der Waals surface area contributed by atoms with Crippen LogP contribution in [-0.2, 0) is 25.3 Å². The smallest absolute Gasteiger partial charge is 0.418 e. The number of hydrogen-bond acceptors (Lipinski definition) is 8. The molecule has 1 N–H and O–H groups in total. The molecule has 2 aromatic carbocycles. The number of anilines is 1. The number of thioether (sulfide) groups is 1. The first kappa shape index (κ1) is 27.5. The molecule has 0 aliphatic carbocycles. The third-order valence-corrected chi connectivity index (χ3v) is 9.64. The number of rotatable bonds is 5. The van der Waals surface area contributed by atoms with Gasteiger partial charge in [0, 0.05) is 23.9 Å². The van der Waals surface area contributed by atoms with Crippen LogP contribution in [0.2, 0.25) is 0 Å². The van der Waals surface area contributed by atoms with Crippen LogP contribution in [0.3, 0.4) is 0 Å². The van der Waals surface area contributed by atoms with Crippen molar-refractivity contribution >= 4 is 46.5 Å². The van der Waals surface area contributed by atoms with Gasteiger partial charge in [0.15, 0.2) is 6.61 Å². The topological polar surface area (TPSA) is 109 Å². The van der Waals surface area contributed by atoms with E-state index < -0.39 is 46.3 Å². The lowest BCUT2D eigenvalue weighted by Crippen LogP contribution is -2.42. The number of nitrogens with one attached hydrogen (secondary N) is 1. The Balaban J connectivity index is 1.30. The van der Waals surface area contributed by atoms with E-state index in [1.54, 1.807) is 29.2 Å². The van der Waals surface area contributed by atoms with Gasteiger partial charge in [0.05, 0.1) is 35.4 Å². The molecule has 9 nitrogen and oxygen atoms in total. The third kappa shape index (κ3) is 5.04. The monoisotopic (exact) mass is 605 g/mol. The van der Waals surface area contributed by atoms with E-state index in [9.17, 15) is 32.3 Å². The molecule has 14 heteroatoms. The number of thiazole rings is 1. The molecule has 0 radical (unpaired) electrons. The lowest BCUT2D eigenvalue weighted by Gasteiger charge is -2.30. The Morgan fingerprint density at radius 1 is 1.02 bits per heavy atom. The van der Waals surface area contributed by atoms with Crippen LogP contribution in [0, 0.1) is 5.92 Å². The number of amides is 3. The lowest BCUT2D eigenvalue weighted by atomic mass is 9.83. The molecule has 3 atom stereocenters. The number of alkyl halides is 3. The zero-order valence-corrected chi connectivity index (χ0v) is 22.8. The molecule has 41 heavy (non-hydrogen) atoms. The fourth-order valence-corrected chi connectivity index (χ4v) is 7.86. The summed E-state index contributed by atoms with van der Waals surface area (Å²) >= 11 is 1.88. The molecule has 1 aromatic heterocycles. The normalized spacial score (nSPS) is 22.5. The standard InChI is InChI=1S/C27H22F3N3O6S2/c28-27(29,30)16-3-1-2-4-17(16)33-24(35)20-19(21-23(31-26(37)41-21)40-22(20)25(33)36)14-5-7-15(8-6-14)39-13-18(34)32-9-11-38-12-10-32/h1-8,19-20,22H,9-13H2,(H,31,37)/t19-,20-,22+/m0/s1. The summed E-state index contributed by atoms with van der Waals surface area (Å²) < 4.78 is 52.3. The Hall–Kier alpha value is -3.62. The Morgan fingerprint density at radius 2 is 1.73 bits per heavy atom. The molecule has 3 aliphatic rings. The highest BCUT2D eigenvalue weighted by atomic mass is 32.2. The lowest BCUT2D eigenvalue weighted by molar-refractivity contribution is -0.138. The van der Waals surface area contributed by atoms with E-state index in [-0.39, 0.29) is 17.4 Å². The number of ether oxygens (including phenoxy) is 2. The van der Waals surface area contributed by atoms with Crippen molar-refractivity contribution in [2.75, 3.05) is 37.8 Å². The summed E-state index contributed by atoms with van der Waals surface area (Å²) in [5, 5.41) is -0.622. The highest BCUT2D eigenvalue weighted by Gasteiger charge is 2.57. The second-order valence-electron chi connectivity index (χ2n) is 9.63. The molecule has 0 unspecified atom stereocenters. The van der Waals surface area contributed by atoms with Crippen molar-refractivity contribution in [1.29, 1.82) is 0 Å². The number of fused-ring (bicyclic) bond motifs is 2. The molecule has 2 fully saturated rings. The summed E-state index contributed by atoms with van der Waals surface area (Å²) in [7, 11) is 0. The van der Waals surface area contributed by atoms with Gasteiger partial charge in [-0.3, -0.25) is 19.2 Å². The molecule has 0 spiro atoms. The largest absolute Gasteiger partial charge is 0.484 e. The number of imide groups is 1. The number of carbonyl (C=O) groups excluding carboxylic acids is 3. The summed E-state index contributed by atoms with van der Waals surface area (Å²) in [6.07, 6.45) is -4.78. The maximum absolute atomic E-state index is 13.8. The zero-order valence-electron chi connectivity index (χ0n) is 21.2. The average molecular weight is 606 g/mol. The van der Waals surface area contributed by atoms with E-state index in [0.717, 1.165) is 35.2 Å². The molecule has 0 bridgehead atoms. The van der Waals surface area contributed by atoms with Crippen molar-refractivity contribution in [1.82, 2.24) is 9.88 Å². The van der Waals surface area contributed by atoms with Gasteiger partial charge in [-0.05, 0) is 29.8 Å². The molecule has 3 amide bonds. The first-order valence-electron chi connectivity index (χ1n) is 12.7. The predicted molar refractivity (Wildman–Crippen MR) is 143 cm³/mol. The maximum atomic E-state index is 13.8. The van der Waals surface area contributed by atoms with Crippen molar-refractivity contribution in [2.24, 2.45) is 5.92 Å². The number of carbonyl (C=O) groups is 3. The summed E-state index contributed by atoms with van der Waals surface area (Å²) in [4.78, 5) is 57.1. The van der Waals surface area contributed by atoms with E-state index in [1.165, 1.54) is 12.1 Å². The van der Waals surface area contributed by atoms with Crippen LogP contribution < -0.4 is 14.5 Å². The minimum atomic E-state index is -4.78. The van der Waals surface area contributed by atoms with Crippen molar-refractivity contribution in [2.45, 2.75) is 22.4 Å². The number of aromatic amines is 1. The number of para-hydroxylation sites is 1. The minimum Gasteiger partial charge on any atom is -0.484 e. The highest BCUT2D eigenvalue weighted by molar-refractivity contribution is 8.00. The molecule has 6 rings (SSSR count). The quantitative estimate of drug-likeness (QED) is 0.444. The molecule has 4 heterocycles. The maximum Gasteiger partial charge on any atom is 0.418 e. The van der Waals surface area contributed by atoms with Gasteiger partial charge in [-0.1, -0.05) is 47.4 Å². The molecule has 3 aromatic rings. The first-order chi connectivity index (χ1) is 19.6. The van der Waals surface area contributed by atoms with Crippen LogP contribution >= 0.6 is 23.1 Å². The summed E-state index contributed by atoms with van der Waals surface area (Å²) in [6.45, 7) is 1.74. The number of nitrogens with zero attached hydrogens (tertiary/aromatic N) is 2. The van der Waals surface area contributed by atoms with Crippen LogP contribution in [-0.4, -0.2) is 65.8 Å². The van der Waals surface area contributed by atoms with E-state index in [1.807, 2.05) is 0 Å². The number of morpholine rings is 1. The van der Waals surface area contributed by atoms with Crippen LogP contribution in [0.15, 0.2) is 58.4 Å². The van der Waals surface area contributed by atoms with Crippen molar-refractivity contribution in [3.63, 3.8) is 0 Å². The van der Waals surface area contributed by atoms with Gasteiger partial charge >= 0.3 is 11.0 Å². The average Bonchev–Trinajstić information content (AvgIpc) is 3.46. The zero-order chi connectivity index (χ0) is 28.9. The van der Waals surface area contributed by atoms with Crippen molar-refractivity contribution in [3.8, 4) is 5.75 Å². The Bertz CT molecular complexity index is 1570. The number of H-pyrrole nitrogens is 1. The van der Waals surface area contributed by atoms with Crippen LogP contribution in [0.1, 0.15) is 21.9 Å². The molecular weight excluding hydrogens is 583 g/mol. The van der Waals surface area contributed by atoms with Gasteiger partial charge in [-0.25, -0.2) is 4.90 Å². The second kappa shape index (κ2) is 10.7. The molecular formula is C27H22F3N3O6S2. The Kier molecular flexibility index (Phi) is 7.16. The molecule has 2 saturated heterocycles. The van der Waals surface area contributed by atoms with Gasteiger partial charge < -0.3 is 19.4 Å². The van der Waals surface area contributed by atoms with E-state index >= 15 is 0 Å². The number of hydrogen-bond donors (Lipinski definition) is 1. The minimum absolute atomic E-state index is 0.172. The van der Waals surface area contributed by atoms with E-state index in [2.05, 4.69) is 4.98 Å². The van der Waals surface area contributed by atoms with Gasteiger partial charge in [-0.2, -0.15) is 13.2 Å². The van der Waals surface area contributed by atoms with Crippen LogP contribution in [0.25, 0.3) is 0 Å². The van der Waals surface area contributed by atoms with Crippen LogP contribution in [0.5, 0.6) is 5.75 Å². The van der Waals surface area contributed by atoms with Crippen molar-refractivity contribution < 1.29 is 37.0 Å². The van der Waals surface area contributed by atoms with E-state index in [0.29, 0.717) is 52.4 Å². The van der Waals surface area contributed by atoms with Crippen LogP contribution in [0.4, 0.5) is 18.9 Å². The fraction of sp³-hybridized carbons (Fsp3) is 0.333. The van der Waals surface area contributed by atoms with Gasteiger partial charge in [0.2, 0.25) is 11.8 Å². The predicted octanol–water partition coefficient (Wildman–Crippen LogP) is 3.49. The molecule has 214 valence electrons. The SMILES string of the molecule is O=C(COc1ccc([C@@H]2c3sc(=O)[nH]c3S[C@H]3C(=O)N(c4ccccc4C(F)(F)F)C(=O)[C@@H]23)cc1)N1CCOCC1. The van der Waals surface area contributed by atoms with Crippen molar-refractivity contribution in [3.05, 3.63) is 74.2 Å². The first-order valence-corrected chi connectivity index (χ1v) is 14.3. The third-order valence-electron chi connectivity index (χ3n) is 7.24. The molecule has 3 aliphatic heterocycles. The number of benzene rings is 2. The highest BCUT2D eigenvalue weighted by Crippen LogP contribution is 2.54.